The van der Waals surface area contributed by atoms with Gasteiger partial charge in [0, 0.05) is 38.6 Å². The van der Waals surface area contributed by atoms with E-state index in [0.717, 1.165) is 0 Å². The van der Waals surface area contributed by atoms with Crippen LogP contribution in [0.3, 0.4) is 0 Å². The van der Waals surface area contributed by atoms with Crippen molar-refractivity contribution in [1.82, 2.24) is 0 Å². The van der Waals surface area contributed by atoms with Gasteiger partial charge in [-0.2, -0.15) is 6.42 Å². The Morgan fingerprint density at radius 3 is 1.75 bits per heavy atom. The Bertz CT molecular complexity index is 318. The van der Waals surface area contributed by atoms with Crippen molar-refractivity contribution in [2.24, 2.45) is 5.92 Å². The van der Waals surface area contributed by atoms with Gasteiger partial charge in [-0.3, -0.25) is 4.79 Å². The molecule has 20 heavy (non-hydrogen) atoms. The molecule has 0 amide bonds. The molecule has 6 nitrogen and oxygen atoms in total. The summed E-state index contributed by atoms with van der Waals surface area (Å²) in [6, 6.07) is 0. The van der Waals surface area contributed by atoms with E-state index in [9.17, 15) is 14.4 Å². The second-order valence-corrected chi connectivity index (χ2v) is 3.87. The molecule has 0 aliphatic rings. The van der Waals surface area contributed by atoms with Crippen molar-refractivity contribution >= 4 is 17.9 Å². The van der Waals surface area contributed by atoms with Crippen LogP contribution in [-0.4, -0.2) is 37.2 Å². The monoisotopic (exact) mass is 363 g/mol. The van der Waals surface area contributed by atoms with Crippen molar-refractivity contribution in [3.8, 4) is 0 Å². The fraction of sp³-hybridized carbons (Fsp3) is 0.615. The van der Waals surface area contributed by atoms with Gasteiger partial charge in [-0.1, -0.05) is 6.92 Å². The molecule has 0 heterocycles. The molecule has 3 unspecified atom stereocenters. The van der Waals surface area contributed by atoms with Crippen LogP contribution in [0.5, 0.6) is 0 Å². The summed E-state index contributed by atoms with van der Waals surface area (Å²) in [6.07, 6.45) is -1.73. The zero-order chi connectivity index (χ0) is 14.3. The maximum Gasteiger partial charge on any atom is 0.347 e. The number of methoxy groups -OCH3 is 1. The van der Waals surface area contributed by atoms with Crippen LogP contribution in [0.15, 0.2) is 0 Å². The predicted molar refractivity (Wildman–Crippen MR) is 68.7 cm³/mol. The van der Waals surface area contributed by atoms with Crippen LogP contribution in [0.25, 0.3) is 0 Å². The predicted octanol–water partition coefficient (Wildman–Crippen LogP) is 1.33. The summed E-state index contributed by atoms with van der Waals surface area (Å²) < 4.78 is 14.0. The first-order chi connectivity index (χ1) is 8.33. The third-order valence-corrected chi connectivity index (χ3v) is 2.29. The SMILES string of the molecule is [CH2-]CC(C)C(=O)OC(C)C(=O)OC(C)C(=O)OC.[CH3-].[Y]. The summed E-state index contributed by atoms with van der Waals surface area (Å²) in [5, 5.41) is 0. The van der Waals surface area contributed by atoms with Gasteiger partial charge in [-0.05, 0) is 13.8 Å². The average molecular weight is 363 g/mol. The van der Waals surface area contributed by atoms with Crippen molar-refractivity contribution < 1.29 is 61.3 Å². The van der Waals surface area contributed by atoms with E-state index in [4.69, 9.17) is 9.47 Å². The van der Waals surface area contributed by atoms with E-state index in [-0.39, 0.29) is 40.1 Å². The fourth-order valence-electron chi connectivity index (χ4n) is 0.940. The molecular formula is C13H22O6Y-2. The van der Waals surface area contributed by atoms with E-state index in [2.05, 4.69) is 11.7 Å². The number of esters is 3. The first kappa shape index (κ1) is 24.5. The molecule has 115 valence electrons. The molecule has 0 rings (SSSR count). The minimum atomic E-state index is -1.07. The molecule has 0 saturated carbocycles. The molecule has 0 fully saturated rings. The Kier molecular flexibility index (Phi) is 15.0. The average Bonchev–Trinajstić information content (AvgIpc) is 2.35. The molecular weight excluding hydrogens is 341 g/mol. The summed E-state index contributed by atoms with van der Waals surface area (Å²) in [5.41, 5.74) is 0. The first-order valence-corrected chi connectivity index (χ1v) is 5.61. The summed E-state index contributed by atoms with van der Waals surface area (Å²) in [4.78, 5) is 33.9. The van der Waals surface area contributed by atoms with Crippen molar-refractivity contribution in [2.45, 2.75) is 39.4 Å². The normalized spacial score (nSPS) is 13.7. The summed E-state index contributed by atoms with van der Waals surface area (Å²) in [7, 11) is 1.19. The minimum Gasteiger partial charge on any atom is -0.466 e. The van der Waals surface area contributed by atoms with Gasteiger partial charge in [0.2, 0.25) is 0 Å². The van der Waals surface area contributed by atoms with Crippen molar-refractivity contribution in [2.75, 3.05) is 7.11 Å². The fourth-order valence-corrected chi connectivity index (χ4v) is 0.940. The smallest absolute Gasteiger partial charge is 0.347 e. The van der Waals surface area contributed by atoms with Gasteiger partial charge in [0.1, 0.15) is 0 Å². The van der Waals surface area contributed by atoms with E-state index in [1.165, 1.54) is 21.0 Å². The van der Waals surface area contributed by atoms with Crippen molar-refractivity contribution in [3.05, 3.63) is 14.4 Å². The van der Waals surface area contributed by atoms with Crippen LogP contribution in [0.2, 0.25) is 0 Å². The summed E-state index contributed by atoms with van der Waals surface area (Å²) in [5.74, 6) is -2.39. The molecule has 0 N–H and O–H groups in total. The van der Waals surface area contributed by atoms with Gasteiger partial charge in [0.25, 0.3) is 0 Å². The Balaban J connectivity index is -0.00000144. The molecule has 1 radical (unpaired) electrons. The van der Waals surface area contributed by atoms with E-state index in [0.29, 0.717) is 6.42 Å². The van der Waals surface area contributed by atoms with Crippen LogP contribution in [0.4, 0.5) is 0 Å². The maximum atomic E-state index is 11.5. The number of ether oxygens (including phenoxy) is 3. The van der Waals surface area contributed by atoms with Crippen LogP contribution in [0, 0.1) is 20.3 Å². The minimum absolute atomic E-state index is 0. The largest absolute Gasteiger partial charge is 0.466 e. The molecule has 3 atom stereocenters. The topological polar surface area (TPSA) is 78.9 Å². The Morgan fingerprint density at radius 2 is 1.35 bits per heavy atom. The second-order valence-electron chi connectivity index (χ2n) is 3.87. The Hall–Kier alpha value is -0.486. The molecule has 7 heteroatoms. The molecule has 0 aliphatic carbocycles. The van der Waals surface area contributed by atoms with E-state index < -0.39 is 36.0 Å². The molecule has 0 aliphatic heterocycles. The summed E-state index contributed by atoms with van der Waals surface area (Å²) in [6.45, 7) is 7.95. The third-order valence-electron chi connectivity index (χ3n) is 2.29. The number of carbonyl (C=O) groups excluding carboxylic acids is 3. The molecule has 0 spiro atoms. The van der Waals surface area contributed by atoms with Crippen molar-refractivity contribution in [3.63, 3.8) is 0 Å². The van der Waals surface area contributed by atoms with E-state index in [1.807, 2.05) is 0 Å². The number of carbonyl (C=O) groups is 3. The summed E-state index contributed by atoms with van der Waals surface area (Å²) >= 11 is 0. The zero-order valence-corrected chi connectivity index (χ0v) is 15.5. The molecule has 0 saturated heterocycles. The quantitative estimate of drug-likeness (QED) is 0.403. The van der Waals surface area contributed by atoms with Crippen molar-refractivity contribution in [1.29, 1.82) is 0 Å². The Morgan fingerprint density at radius 1 is 0.950 bits per heavy atom. The molecule has 0 aromatic heterocycles. The standard InChI is InChI=1S/C12H19O6.CH3.Y/c1-6-7(2)10(13)17-9(4)12(15)18-8(3)11(14)16-5;;/h7-9H,1,6H2,2-5H3;1H3;/q2*-1;. The van der Waals surface area contributed by atoms with Gasteiger partial charge in [-0.15, -0.1) is 0 Å². The second kappa shape index (κ2) is 12.3. The van der Waals surface area contributed by atoms with E-state index in [1.54, 1.807) is 6.92 Å². The number of hydrogen-bond donors (Lipinski definition) is 0. The van der Waals surface area contributed by atoms with Crippen LogP contribution in [0.1, 0.15) is 27.2 Å². The molecule has 0 bridgehead atoms. The van der Waals surface area contributed by atoms with Gasteiger partial charge in [-0.25, -0.2) is 9.59 Å². The first-order valence-electron chi connectivity index (χ1n) is 5.61. The zero-order valence-electron chi connectivity index (χ0n) is 12.7. The number of rotatable bonds is 6. The van der Waals surface area contributed by atoms with Gasteiger partial charge in [0.15, 0.2) is 12.2 Å². The van der Waals surface area contributed by atoms with Crippen LogP contribution < -0.4 is 0 Å². The number of hydrogen-bond acceptors (Lipinski definition) is 6. The Labute approximate surface area is 145 Å². The van der Waals surface area contributed by atoms with Gasteiger partial charge < -0.3 is 28.6 Å². The van der Waals surface area contributed by atoms with Crippen LogP contribution in [-0.2, 0) is 61.3 Å². The molecule has 0 aromatic carbocycles. The van der Waals surface area contributed by atoms with Gasteiger partial charge in [0.05, 0.1) is 7.11 Å². The third kappa shape index (κ3) is 8.64. The van der Waals surface area contributed by atoms with Gasteiger partial charge >= 0.3 is 17.9 Å². The maximum absolute atomic E-state index is 11.5. The van der Waals surface area contributed by atoms with E-state index >= 15 is 0 Å². The molecule has 0 aromatic rings. The van der Waals surface area contributed by atoms with Crippen LogP contribution >= 0.6 is 0 Å².